The third-order valence-electron chi connectivity index (χ3n) is 5.34. The van der Waals surface area contributed by atoms with Crippen molar-refractivity contribution < 1.29 is 4.74 Å². The number of anilines is 1. The SMILES string of the molecule is CCO[C@@H]1C[C@H](N(C)c2cc(CC)nc(-c3ccccn3)n2)C1(C)C. The zero-order chi connectivity index (χ0) is 18.0. The smallest absolute Gasteiger partial charge is 0.180 e. The van der Waals surface area contributed by atoms with Crippen LogP contribution in [0.2, 0.25) is 0 Å². The molecule has 5 nitrogen and oxygen atoms in total. The molecular weight excluding hydrogens is 312 g/mol. The highest BCUT2D eigenvalue weighted by molar-refractivity contribution is 5.54. The van der Waals surface area contributed by atoms with Gasteiger partial charge in [-0.1, -0.05) is 26.8 Å². The van der Waals surface area contributed by atoms with Crippen molar-refractivity contribution in [2.45, 2.75) is 52.7 Å². The fraction of sp³-hybridized carbons (Fsp3) is 0.550. The van der Waals surface area contributed by atoms with E-state index in [0.29, 0.717) is 18.0 Å². The molecule has 1 saturated carbocycles. The molecule has 2 aromatic heterocycles. The summed E-state index contributed by atoms with van der Waals surface area (Å²) in [6, 6.07) is 8.33. The maximum absolute atomic E-state index is 5.88. The number of nitrogens with zero attached hydrogens (tertiary/aromatic N) is 4. The second-order valence-corrected chi connectivity index (χ2v) is 7.24. The minimum atomic E-state index is 0.104. The maximum Gasteiger partial charge on any atom is 0.180 e. The van der Waals surface area contributed by atoms with Crippen LogP contribution in [-0.4, -0.2) is 40.8 Å². The zero-order valence-corrected chi connectivity index (χ0v) is 15.9. The normalized spacial score (nSPS) is 21.6. The van der Waals surface area contributed by atoms with E-state index < -0.39 is 0 Å². The molecule has 1 fully saturated rings. The molecule has 0 aromatic carbocycles. The van der Waals surface area contributed by atoms with Crippen molar-refractivity contribution in [2.75, 3.05) is 18.6 Å². The third kappa shape index (κ3) is 3.38. The molecule has 1 aliphatic rings. The van der Waals surface area contributed by atoms with Crippen molar-refractivity contribution >= 4 is 5.82 Å². The summed E-state index contributed by atoms with van der Waals surface area (Å²) in [7, 11) is 2.12. The molecule has 3 rings (SSSR count). The Morgan fingerprint density at radius 2 is 2.04 bits per heavy atom. The number of hydrogen-bond donors (Lipinski definition) is 0. The number of ether oxygens (including phenoxy) is 1. The fourth-order valence-electron chi connectivity index (χ4n) is 3.62. The van der Waals surface area contributed by atoms with Crippen LogP contribution in [-0.2, 0) is 11.2 Å². The Bertz CT molecular complexity index is 717. The van der Waals surface area contributed by atoms with Gasteiger partial charge in [0.15, 0.2) is 5.82 Å². The van der Waals surface area contributed by atoms with Crippen LogP contribution in [0.3, 0.4) is 0 Å². The van der Waals surface area contributed by atoms with Crippen molar-refractivity contribution in [3.8, 4) is 11.5 Å². The Kier molecular flexibility index (Phi) is 5.04. The van der Waals surface area contributed by atoms with Gasteiger partial charge < -0.3 is 9.64 Å². The number of hydrogen-bond acceptors (Lipinski definition) is 5. The topological polar surface area (TPSA) is 51.1 Å². The molecule has 0 aliphatic heterocycles. The number of aromatic nitrogens is 3. The average molecular weight is 340 g/mol. The predicted octanol–water partition coefficient (Wildman–Crippen LogP) is 3.74. The summed E-state index contributed by atoms with van der Waals surface area (Å²) in [6.45, 7) is 9.50. The molecule has 25 heavy (non-hydrogen) atoms. The summed E-state index contributed by atoms with van der Waals surface area (Å²) in [6.07, 6.45) is 4.00. The van der Waals surface area contributed by atoms with Crippen LogP contribution in [0.25, 0.3) is 11.5 Å². The minimum absolute atomic E-state index is 0.104. The largest absolute Gasteiger partial charge is 0.378 e. The first-order chi connectivity index (χ1) is 12.0. The van der Waals surface area contributed by atoms with Gasteiger partial charge in [-0.3, -0.25) is 4.98 Å². The summed E-state index contributed by atoms with van der Waals surface area (Å²) in [4.78, 5) is 16.2. The van der Waals surface area contributed by atoms with Crippen LogP contribution in [0.5, 0.6) is 0 Å². The van der Waals surface area contributed by atoms with Crippen molar-refractivity contribution in [2.24, 2.45) is 5.41 Å². The molecule has 0 radical (unpaired) electrons. The summed E-state index contributed by atoms with van der Waals surface area (Å²) < 4.78 is 5.88. The van der Waals surface area contributed by atoms with Crippen LogP contribution in [0.1, 0.15) is 39.8 Å². The van der Waals surface area contributed by atoms with E-state index in [2.05, 4.69) is 55.7 Å². The molecule has 0 spiro atoms. The highest BCUT2D eigenvalue weighted by Crippen LogP contribution is 2.46. The summed E-state index contributed by atoms with van der Waals surface area (Å²) in [5, 5.41) is 0. The van der Waals surface area contributed by atoms with Gasteiger partial charge in [0.25, 0.3) is 0 Å². The van der Waals surface area contributed by atoms with E-state index in [9.17, 15) is 0 Å². The van der Waals surface area contributed by atoms with Crippen molar-refractivity contribution in [3.05, 3.63) is 36.2 Å². The van der Waals surface area contributed by atoms with Crippen molar-refractivity contribution in [1.29, 1.82) is 0 Å². The van der Waals surface area contributed by atoms with Crippen LogP contribution < -0.4 is 4.90 Å². The monoisotopic (exact) mass is 340 g/mol. The van der Waals surface area contributed by atoms with Crippen molar-refractivity contribution in [3.63, 3.8) is 0 Å². The second-order valence-electron chi connectivity index (χ2n) is 7.24. The first-order valence-corrected chi connectivity index (χ1v) is 9.11. The van der Waals surface area contributed by atoms with Gasteiger partial charge in [0.1, 0.15) is 11.5 Å². The molecule has 2 atom stereocenters. The van der Waals surface area contributed by atoms with E-state index in [1.165, 1.54) is 0 Å². The molecule has 5 heteroatoms. The second kappa shape index (κ2) is 7.08. The summed E-state index contributed by atoms with van der Waals surface area (Å²) >= 11 is 0. The van der Waals surface area contributed by atoms with Gasteiger partial charge in [0, 0.05) is 43.1 Å². The zero-order valence-electron chi connectivity index (χ0n) is 15.9. The Balaban J connectivity index is 1.89. The Labute approximate surface area is 150 Å². The van der Waals surface area contributed by atoms with Crippen molar-refractivity contribution in [1.82, 2.24) is 15.0 Å². The Morgan fingerprint density at radius 3 is 2.64 bits per heavy atom. The number of rotatable bonds is 6. The van der Waals surface area contributed by atoms with E-state index in [1.807, 2.05) is 18.2 Å². The van der Waals surface area contributed by atoms with Crippen LogP contribution in [0, 0.1) is 5.41 Å². The molecule has 0 unspecified atom stereocenters. The Morgan fingerprint density at radius 1 is 1.24 bits per heavy atom. The average Bonchev–Trinajstić information content (AvgIpc) is 2.64. The summed E-state index contributed by atoms with van der Waals surface area (Å²) in [5.74, 6) is 1.65. The van der Waals surface area contributed by atoms with E-state index >= 15 is 0 Å². The highest BCUT2D eigenvalue weighted by atomic mass is 16.5. The molecule has 0 bridgehead atoms. The van der Waals surface area contributed by atoms with Gasteiger partial charge in [0.05, 0.1) is 6.10 Å². The van der Waals surface area contributed by atoms with E-state index in [-0.39, 0.29) is 5.41 Å². The first-order valence-electron chi connectivity index (χ1n) is 9.11. The first kappa shape index (κ1) is 17.8. The minimum Gasteiger partial charge on any atom is -0.378 e. The summed E-state index contributed by atoms with van der Waals surface area (Å²) in [5.41, 5.74) is 1.95. The van der Waals surface area contributed by atoms with Gasteiger partial charge in [-0.05, 0) is 31.9 Å². The van der Waals surface area contributed by atoms with E-state index in [0.717, 1.165) is 36.7 Å². The van der Waals surface area contributed by atoms with Crippen LogP contribution in [0.15, 0.2) is 30.5 Å². The predicted molar refractivity (Wildman–Crippen MR) is 101 cm³/mol. The standard InChI is InChI=1S/C20H28N4O/c1-6-14-12-18(23-19(22-14)15-10-8-9-11-21-15)24(5)16-13-17(25-7-2)20(16,3)4/h8-12,16-17H,6-7,13H2,1-5H3/t16-,17+/m0/s1. The lowest BCUT2D eigenvalue weighted by molar-refractivity contribution is -0.104. The number of pyridine rings is 1. The molecular formula is C20H28N4O. The molecule has 2 aromatic rings. The molecule has 0 amide bonds. The van der Waals surface area contributed by atoms with Gasteiger partial charge >= 0.3 is 0 Å². The van der Waals surface area contributed by atoms with Crippen LogP contribution in [0.4, 0.5) is 5.82 Å². The third-order valence-corrected chi connectivity index (χ3v) is 5.34. The quantitative estimate of drug-likeness (QED) is 0.802. The van der Waals surface area contributed by atoms with E-state index in [1.54, 1.807) is 6.20 Å². The highest BCUT2D eigenvalue weighted by Gasteiger charge is 2.51. The molecule has 134 valence electrons. The Hall–Kier alpha value is -2.01. The molecule has 0 saturated heterocycles. The molecule has 2 heterocycles. The van der Waals surface area contributed by atoms with Gasteiger partial charge in [-0.25, -0.2) is 9.97 Å². The maximum atomic E-state index is 5.88. The lowest BCUT2D eigenvalue weighted by Gasteiger charge is -2.55. The molecule has 0 N–H and O–H groups in total. The molecule has 1 aliphatic carbocycles. The van der Waals surface area contributed by atoms with Crippen LogP contribution >= 0.6 is 0 Å². The van der Waals surface area contributed by atoms with Gasteiger partial charge in [-0.15, -0.1) is 0 Å². The van der Waals surface area contributed by atoms with Gasteiger partial charge in [-0.2, -0.15) is 0 Å². The lowest BCUT2D eigenvalue weighted by Crippen LogP contribution is -2.61. The van der Waals surface area contributed by atoms with E-state index in [4.69, 9.17) is 9.72 Å². The fourth-order valence-corrected chi connectivity index (χ4v) is 3.62. The van der Waals surface area contributed by atoms with Gasteiger partial charge in [0.2, 0.25) is 0 Å². The number of aryl methyl sites for hydroxylation is 1. The lowest BCUT2D eigenvalue weighted by atomic mass is 9.64.